The highest BCUT2D eigenvalue weighted by atomic mass is 31.3. The summed E-state index contributed by atoms with van der Waals surface area (Å²) in [7, 11) is -16.2. The fourth-order valence-electron chi connectivity index (χ4n) is 5.22. The lowest BCUT2D eigenvalue weighted by Crippen LogP contribution is -2.51. The van der Waals surface area contributed by atoms with Gasteiger partial charge in [-0.25, -0.2) is 28.6 Å². The van der Waals surface area contributed by atoms with Gasteiger partial charge in [0.1, 0.15) is 47.9 Å². The molecule has 11 atom stereocenters. The normalized spacial score (nSPS) is 32.7. The van der Waals surface area contributed by atoms with Crippen LogP contribution in [0.4, 0.5) is 5.82 Å². The third-order valence-corrected chi connectivity index (χ3v) is 10.5. The molecule has 6 rings (SSSR count). The van der Waals surface area contributed by atoms with E-state index in [-0.39, 0.29) is 22.9 Å². The number of hydrogen-bond acceptors (Lipinski definition) is 18. The molecule has 0 aliphatic carbocycles. The minimum Gasteiger partial charge on any atom is -0.420 e. The van der Waals surface area contributed by atoms with E-state index < -0.39 is 92.0 Å². The Balaban J connectivity index is 1.08. The molecule has 3 unspecified atom stereocenters. The van der Waals surface area contributed by atoms with E-state index in [1.165, 1.54) is 10.8 Å². The average molecular weight is 744 g/mol. The first-order chi connectivity index (χ1) is 22.4. The molecule has 0 aromatic carbocycles. The number of pyridine rings is 1. The number of phosphoric ester groups is 3. The van der Waals surface area contributed by atoms with Crippen LogP contribution in [0.15, 0.2) is 31.0 Å². The summed E-state index contributed by atoms with van der Waals surface area (Å²) in [5.41, 5.74) is 12.2. The summed E-state index contributed by atoms with van der Waals surface area (Å²) in [5, 5.41) is 31.7. The zero-order chi connectivity index (χ0) is 34.8. The van der Waals surface area contributed by atoms with Gasteiger partial charge >= 0.3 is 29.3 Å². The molecule has 0 radical (unpaired) electrons. The van der Waals surface area contributed by atoms with Gasteiger partial charge in [0.05, 0.1) is 19.5 Å². The average Bonchev–Trinajstić information content (AvgIpc) is 3.64. The SMILES string of the molecule is Nc1ncnc2c1ncn2[C@@H]1O[C@H](COP(=O)(O)OP(=O)(O)OC[C@H]2O[C@@H]([n+]3cccc4c3OC4N)[C@H](O)[C@@H]2O)[C@@H](O)[C@H]1OP(=O)(O)O. The van der Waals surface area contributed by atoms with Crippen LogP contribution in [0, 0.1) is 0 Å². The number of rotatable bonds is 12. The smallest absolute Gasteiger partial charge is 0.420 e. The van der Waals surface area contributed by atoms with E-state index in [2.05, 4.69) is 19.3 Å². The number of aliphatic hydroxyl groups is 3. The van der Waals surface area contributed by atoms with Crippen molar-refractivity contribution in [3.05, 3.63) is 36.5 Å². The van der Waals surface area contributed by atoms with Gasteiger partial charge in [0.15, 0.2) is 36.2 Å². The van der Waals surface area contributed by atoms with Gasteiger partial charge in [0.2, 0.25) is 0 Å². The summed E-state index contributed by atoms with van der Waals surface area (Å²) >= 11 is 0. The highest BCUT2D eigenvalue weighted by molar-refractivity contribution is 7.61. The monoisotopic (exact) mass is 744 g/mol. The van der Waals surface area contributed by atoms with E-state index in [4.69, 9.17) is 39.2 Å². The minimum absolute atomic E-state index is 0.0126. The summed E-state index contributed by atoms with van der Waals surface area (Å²) in [6, 6.07) is 3.26. The number of nitrogens with zero attached hydrogens (tertiary/aromatic N) is 5. The molecule has 27 heteroatoms. The number of ether oxygens (including phenoxy) is 3. The molecule has 48 heavy (non-hydrogen) atoms. The third-order valence-electron chi connectivity index (χ3n) is 7.40. The summed E-state index contributed by atoms with van der Waals surface area (Å²) < 4.78 is 74.2. The first-order valence-corrected chi connectivity index (χ1v) is 18.1. The summed E-state index contributed by atoms with van der Waals surface area (Å²) in [5.74, 6) is 0.211. The van der Waals surface area contributed by atoms with Gasteiger partial charge in [-0.05, 0) is 6.07 Å². The van der Waals surface area contributed by atoms with Gasteiger partial charge < -0.3 is 54.8 Å². The second-order valence-corrected chi connectivity index (χ2v) is 14.8. The van der Waals surface area contributed by atoms with Crippen LogP contribution in [0.25, 0.3) is 11.2 Å². The molecule has 2 fully saturated rings. The maximum atomic E-state index is 12.6. The van der Waals surface area contributed by atoms with Crippen molar-refractivity contribution < 1.29 is 85.2 Å². The molecule has 2 saturated heterocycles. The lowest BCUT2D eigenvalue weighted by atomic mass is 10.1. The Hall–Kier alpha value is -2.57. The quantitative estimate of drug-likeness (QED) is 0.0675. The molecule has 3 aromatic rings. The van der Waals surface area contributed by atoms with Crippen molar-refractivity contribution in [2.45, 2.75) is 55.3 Å². The van der Waals surface area contributed by atoms with Crippen molar-refractivity contribution in [3.8, 4) is 5.88 Å². The van der Waals surface area contributed by atoms with Crippen LogP contribution >= 0.6 is 23.5 Å². The summed E-state index contributed by atoms with van der Waals surface area (Å²) in [4.78, 5) is 50.8. The van der Waals surface area contributed by atoms with Gasteiger partial charge in [0.25, 0.3) is 6.23 Å². The van der Waals surface area contributed by atoms with E-state index in [1.54, 1.807) is 12.1 Å². The molecular weight excluding hydrogens is 715 g/mol. The molecule has 11 N–H and O–H groups in total. The zero-order valence-electron chi connectivity index (χ0n) is 23.9. The van der Waals surface area contributed by atoms with E-state index in [0.29, 0.717) is 5.56 Å². The highest BCUT2D eigenvalue weighted by Gasteiger charge is 2.53. The van der Waals surface area contributed by atoms with Gasteiger partial charge in [-0.3, -0.25) is 23.9 Å². The zero-order valence-corrected chi connectivity index (χ0v) is 26.6. The van der Waals surface area contributed by atoms with Crippen molar-refractivity contribution in [1.82, 2.24) is 19.5 Å². The Kier molecular flexibility index (Phi) is 9.52. The van der Waals surface area contributed by atoms with Crippen LogP contribution in [0.3, 0.4) is 0 Å². The minimum atomic E-state index is -5.50. The fraction of sp³-hybridized carbons (Fsp3) is 0.524. The molecule has 0 spiro atoms. The topological polar surface area (TPSA) is 357 Å². The van der Waals surface area contributed by atoms with Crippen LogP contribution in [0.2, 0.25) is 0 Å². The fourth-order valence-corrected chi connectivity index (χ4v) is 7.85. The molecule has 3 aromatic heterocycles. The largest absolute Gasteiger partial charge is 0.481 e. The van der Waals surface area contributed by atoms with Crippen LogP contribution in [0.5, 0.6) is 5.88 Å². The standard InChI is InChI=1S/C21H28N7O17P3/c22-16-11-18(25-6-24-16)28(7-26-11)21-15(44-46(32,33)34)13(30)10(42-21)5-40-48(37,38)45-47(35,36)39-4-9-12(29)14(31)20(41-9)27-3-1-2-8-17(23)43-19(8)27/h1-3,6-7,9-10,12-15,17,20-21,29-31H,4-5,23H2,(H5-,22,24,25,32,33,34,35,36,37,38)/p+1/t9-,10-,12-,13-,14-,15-,17?,20-,21-/m1/s1. The van der Waals surface area contributed by atoms with Crippen molar-refractivity contribution in [1.29, 1.82) is 0 Å². The lowest BCUT2D eigenvalue weighted by Gasteiger charge is -2.25. The number of aromatic nitrogens is 5. The molecule has 0 amide bonds. The molecule has 0 bridgehead atoms. The molecule has 3 aliphatic rings. The van der Waals surface area contributed by atoms with Crippen molar-refractivity contribution >= 4 is 40.4 Å². The lowest BCUT2D eigenvalue weighted by molar-refractivity contribution is -0.773. The first-order valence-electron chi connectivity index (χ1n) is 13.6. The number of anilines is 1. The van der Waals surface area contributed by atoms with E-state index in [1.807, 2.05) is 0 Å². The second-order valence-electron chi connectivity index (χ2n) is 10.6. The Morgan fingerprint density at radius 1 is 0.938 bits per heavy atom. The maximum absolute atomic E-state index is 12.6. The Morgan fingerprint density at radius 2 is 1.60 bits per heavy atom. The number of nitrogens with two attached hydrogens (primary N) is 2. The van der Waals surface area contributed by atoms with Gasteiger partial charge in [0, 0.05) is 6.07 Å². The van der Waals surface area contributed by atoms with Crippen LogP contribution in [0.1, 0.15) is 24.2 Å². The Labute approximate surface area is 267 Å². The number of hydrogen-bond donors (Lipinski definition) is 9. The van der Waals surface area contributed by atoms with E-state index in [9.17, 15) is 48.6 Å². The number of aliphatic hydroxyl groups excluding tert-OH is 3. The molecule has 3 aliphatic heterocycles. The molecule has 24 nitrogen and oxygen atoms in total. The predicted octanol–water partition coefficient (Wildman–Crippen LogP) is -2.65. The van der Waals surface area contributed by atoms with Crippen molar-refractivity contribution in [3.63, 3.8) is 0 Å². The first kappa shape index (κ1) is 35.3. The van der Waals surface area contributed by atoms with Crippen LogP contribution in [-0.4, -0.2) is 104 Å². The number of imidazole rings is 1. The molecule has 6 heterocycles. The maximum Gasteiger partial charge on any atom is 0.481 e. The highest BCUT2D eigenvalue weighted by Crippen LogP contribution is 2.61. The van der Waals surface area contributed by atoms with Crippen molar-refractivity contribution in [2.75, 3.05) is 18.9 Å². The second kappa shape index (κ2) is 13.0. The van der Waals surface area contributed by atoms with E-state index in [0.717, 1.165) is 17.2 Å². The third kappa shape index (κ3) is 7.03. The summed E-state index contributed by atoms with van der Waals surface area (Å²) in [6.07, 6.45) is -9.92. The number of fused-ring (bicyclic) bond motifs is 2. The Morgan fingerprint density at radius 3 is 2.25 bits per heavy atom. The van der Waals surface area contributed by atoms with E-state index >= 15 is 0 Å². The van der Waals surface area contributed by atoms with Crippen LogP contribution < -0.4 is 20.8 Å². The van der Waals surface area contributed by atoms with Crippen LogP contribution in [-0.2, 0) is 41.1 Å². The Bertz CT molecular complexity index is 1830. The predicted molar refractivity (Wildman–Crippen MR) is 149 cm³/mol. The molecule has 264 valence electrons. The van der Waals surface area contributed by atoms with Gasteiger partial charge in [-0.15, -0.1) is 4.57 Å². The van der Waals surface area contributed by atoms with Gasteiger partial charge in [-0.1, -0.05) is 0 Å². The molecule has 0 saturated carbocycles. The van der Waals surface area contributed by atoms with Gasteiger partial charge in [-0.2, -0.15) is 4.31 Å². The summed E-state index contributed by atoms with van der Waals surface area (Å²) in [6.45, 7) is -1.97. The number of nitrogen functional groups attached to an aromatic ring is 1. The molecular formula is C21H29N7O17P3+. The number of phosphoric acid groups is 3. The van der Waals surface area contributed by atoms with Crippen molar-refractivity contribution in [2.24, 2.45) is 5.73 Å².